The fourth-order valence-corrected chi connectivity index (χ4v) is 3.44. The lowest BCUT2D eigenvalue weighted by Crippen LogP contribution is -2.26. The Hall–Kier alpha value is -1.81. The van der Waals surface area contributed by atoms with Gasteiger partial charge in [-0.2, -0.15) is 0 Å². The van der Waals surface area contributed by atoms with E-state index >= 15 is 0 Å². The summed E-state index contributed by atoms with van der Waals surface area (Å²) in [5.41, 5.74) is 7.61. The van der Waals surface area contributed by atoms with Crippen molar-refractivity contribution in [2.24, 2.45) is 5.73 Å². The van der Waals surface area contributed by atoms with Gasteiger partial charge in [-0.25, -0.2) is 0 Å². The summed E-state index contributed by atoms with van der Waals surface area (Å²) < 4.78 is -0.287. The second-order valence-electron chi connectivity index (χ2n) is 4.61. The van der Waals surface area contributed by atoms with Crippen LogP contribution in [-0.4, -0.2) is 17.1 Å². The van der Waals surface area contributed by atoms with E-state index in [1.165, 1.54) is 5.56 Å². The highest BCUT2D eigenvalue weighted by atomic mass is 32.2. The number of hydrogen-bond acceptors (Lipinski definition) is 3. The normalized spacial score (nSPS) is 13.7. The number of nitrogens with zero attached hydrogens (tertiary/aromatic N) is 1. The van der Waals surface area contributed by atoms with Crippen LogP contribution in [0.25, 0.3) is 0 Å². The third-order valence-electron chi connectivity index (χ3n) is 3.44. The molecule has 3 nitrogen and oxygen atoms in total. The molecule has 0 bridgehead atoms. The highest BCUT2D eigenvalue weighted by Gasteiger charge is 2.33. The molecule has 0 aliphatic rings. The Morgan fingerprint density at radius 3 is 2.45 bits per heavy atom. The quantitative estimate of drug-likeness (QED) is 0.888. The Morgan fingerprint density at radius 1 is 1.20 bits per heavy atom. The molecular formula is C16H18N2OS. The first-order valence-electron chi connectivity index (χ1n) is 6.48. The van der Waals surface area contributed by atoms with Crippen molar-refractivity contribution in [2.45, 2.75) is 17.6 Å². The highest BCUT2D eigenvalue weighted by molar-refractivity contribution is 7.99. The van der Waals surface area contributed by atoms with Crippen LogP contribution in [0.2, 0.25) is 0 Å². The molecular weight excluding hydrogens is 268 g/mol. The molecule has 4 heteroatoms. The standard InChI is InChI=1S/C16H18N2OS/c1-20-16(10-9-15(17)19,13-6-3-2-4-7-13)14-8-5-11-18-12-14/h2-8,11-12H,9-10H2,1H3,(H2,17,19). The molecule has 1 aromatic carbocycles. The lowest BCUT2D eigenvalue weighted by molar-refractivity contribution is -0.118. The van der Waals surface area contributed by atoms with Crippen LogP contribution in [0.4, 0.5) is 0 Å². The Morgan fingerprint density at radius 2 is 1.90 bits per heavy atom. The third kappa shape index (κ3) is 3.02. The summed E-state index contributed by atoms with van der Waals surface area (Å²) in [5.74, 6) is -0.275. The number of carbonyl (C=O) groups excluding carboxylic acids is 1. The van der Waals surface area contributed by atoms with Gasteiger partial charge in [-0.3, -0.25) is 9.78 Å². The molecule has 0 fully saturated rings. The van der Waals surface area contributed by atoms with Gasteiger partial charge >= 0.3 is 0 Å². The maximum Gasteiger partial charge on any atom is 0.217 e. The molecule has 104 valence electrons. The smallest absolute Gasteiger partial charge is 0.217 e. The number of amides is 1. The molecule has 2 N–H and O–H groups in total. The number of thioether (sulfide) groups is 1. The number of rotatable bonds is 6. The summed E-state index contributed by atoms with van der Waals surface area (Å²) in [6.07, 6.45) is 6.70. The summed E-state index contributed by atoms with van der Waals surface area (Å²) in [6.45, 7) is 0. The van der Waals surface area contributed by atoms with Crippen LogP contribution in [0.15, 0.2) is 54.9 Å². The molecule has 20 heavy (non-hydrogen) atoms. The van der Waals surface area contributed by atoms with E-state index in [9.17, 15) is 4.79 Å². The van der Waals surface area contributed by atoms with Crippen LogP contribution in [0, 0.1) is 0 Å². The Bertz CT molecular complexity index is 518. The molecule has 0 aliphatic carbocycles. The van der Waals surface area contributed by atoms with Gasteiger partial charge in [0, 0.05) is 18.8 Å². The molecule has 0 aliphatic heterocycles. The maximum absolute atomic E-state index is 11.2. The molecule has 1 unspecified atom stereocenters. The zero-order valence-electron chi connectivity index (χ0n) is 11.5. The first kappa shape index (κ1) is 14.6. The van der Waals surface area contributed by atoms with Crippen molar-refractivity contribution < 1.29 is 4.79 Å². The average Bonchev–Trinajstić information content (AvgIpc) is 2.50. The van der Waals surface area contributed by atoms with E-state index < -0.39 is 0 Å². The molecule has 1 heterocycles. The molecule has 0 saturated heterocycles. The Kier molecular flexibility index (Phi) is 4.79. The van der Waals surface area contributed by atoms with E-state index in [2.05, 4.69) is 29.4 Å². The van der Waals surface area contributed by atoms with E-state index in [1.54, 1.807) is 18.0 Å². The minimum Gasteiger partial charge on any atom is -0.370 e. The molecule has 1 atom stereocenters. The third-order valence-corrected chi connectivity index (χ3v) is 4.81. The van der Waals surface area contributed by atoms with Crippen LogP contribution in [0.5, 0.6) is 0 Å². The molecule has 0 radical (unpaired) electrons. The minimum absolute atomic E-state index is 0.275. The van der Waals surface area contributed by atoms with Crippen molar-refractivity contribution in [1.82, 2.24) is 4.98 Å². The van der Waals surface area contributed by atoms with Gasteiger partial charge in [0.05, 0.1) is 4.75 Å². The lowest BCUT2D eigenvalue weighted by atomic mass is 9.87. The number of primary amides is 1. The number of hydrogen-bond donors (Lipinski definition) is 1. The zero-order chi connectivity index (χ0) is 14.4. The largest absolute Gasteiger partial charge is 0.370 e. The van der Waals surface area contributed by atoms with Gasteiger partial charge in [-0.05, 0) is 29.9 Å². The molecule has 1 aromatic heterocycles. The maximum atomic E-state index is 11.2. The predicted octanol–water partition coefficient (Wildman–Crippen LogP) is 2.95. The second kappa shape index (κ2) is 6.57. The van der Waals surface area contributed by atoms with Gasteiger partial charge in [0.1, 0.15) is 0 Å². The second-order valence-corrected chi connectivity index (χ2v) is 5.71. The van der Waals surface area contributed by atoms with Crippen molar-refractivity contribution in [1.29, 1.82) is 0 Å². The van der Waals surface area contributed by atoms with Gasteiger partial charge in [-0.1, -0.05) is 36.4 Å². The van der Waals surface area contributed by atoms with Gasteiger partial charge < -0.3 is 5.73 Å². The summed E-state index contributed by atoms with van der Waals surface area (Å²) in [4.78, 5) is 15.4. The SMILES string of the molecule is CSC(CCC(N)=O)(c1ccccc1)c1cccnc1. The topological polar surface area (TPSA) is 56.0 Å². The van der Waals surface area contributed by atoms with Crippen LogP contribution in [0.3, 0.4) is 0 Å². The number of nitrogens with two attached hydrogens (primary N) is 1. The lowest BCUT2D eigenvalue weighted by Gasteiger charge is -2.33. The Labute approximate surface area is 123 Å². The van der Waals surface area contributed by atoms with E-state index in [0.29, 0.717) is 12.8 Å². The van der Waals surface area contributed by atoms with E-state index in [-0.39, 0.29) is 10.7 Å². The first-order valence-corrected chi connectivity index (χ1v) is 7.71. The predicted molar refractivity (Wildman–Crippen MR) is 83.4 cm³/mol. The molecule has 0 spiro atoms. The van der Waals surface area contributed by atoms with Crippen molar-refractivity contribution in [2.75, 3.05) is 6.26 Å². The van der Waals surface area contributed by atoms with Gasteiger partial charge in [-0.15, -0.1) is 11.8 Å². The average molecular weight is 286 g/mol. The number of benzene rings is 1. The summed E-state index contributed by atoms with van der Waals surface area (Å²) in [7, 11) is 0. The number of aromatic nitrogens is 1. The minimum atomic E-state index is -0.287. The monoisotopic (exact) mass is 286 g/mol. The molecule has 1 amide bonds. The fraction of sp³-hybridized carbons (Fsp3) is 0.250. The van der Waals surface area contributed by atoms with Gasteiger partial charge in [0.2, 0.25) is 5.91 Å². The summed E-state index contributed by atoms with van der Waals surface area (Å²) in [5, 5.41) is 0. The summed E-state index contributed by atoms with van der Waals surface area (Å²) in [6, 6.07) is 14.2. The van der Waals surface area contributed by atoms with Crippen LogP contribution in [-0.2, 0) is 9.54 Å². The Balaban J connectivity index is 2.49. The van der Waals surface area contributed by atoms with Crippen molar-refractivity contribution in [3.05, 3.63) is 66.0 Å². The van der Waals surface area contributed by atoms with Crippen molar-refractivity contribution in [3.8, 4) is 0 Å². The van der Waals surface area contributed by atoms with Crippen LogP contribution < -0.4 is 5.73 Å². The number of pyridine rings is 1. The van der Waals surface area contributed by atoms with E-state index in [4.69, 9.17) is 5.73 Å². The van der Waals surface area contributed by atoms with Crippen molar-refractivity contribution >= 4 is 17.7 Å². The van der Waals surface area contributed by atoms with Gasteiger partial charge in [0.15, 0.2) is 0 Å². The first-order chi connectivity index (χ1) is 9.69. The molecule has 2 aromatic rings. The van der Waals surface area contributed by atoms with Crippen LogP contribution in [0.1, 0.15) is 24.0 Å². The molecule has 2 rings (SSSR count). The van der Waals surface area contributed by atoms with E-state index in [1.807, 2.05) is 30.5 Å². The fourth-order valence-electron chi connectivity index (χ4n) is 2.40. The molecule has 0 saturated carbocycles. The zero-order valence-corrected chi connectivity index (χ0v) is 12.3. The van der Waals surface area contributed by atoms with E-state index in [0.717, 1.165) is 5.56 Å². The summed E-state index contributed by atoms with van der Waals surface area (Å²) >= 11 is 1.72. The number of carbonyl (C=O) groups is 1. The van der Waals surface area contributed by atoms with Crippen LogP contribution >= 0.6 is 11.8 Å². The van der Waals surface area contributed by atoms with Gasteiger partial charge in [0.25, 0.3) is 0 Å². The highest BCUT2D eigenvalue weighted by Crippen LogP contribution is 2.44. The van der Waals surface area contributed by atoms with Crippen molar-refractivity contribution in [3.63, 3.8) is 0 Å².